The number of nitrogens with zero attached hydrogens (tertiary/aromatic N) is 2. The molecule has 0 radical (unpaired) electrons. The highest BCUT2D eigenvalue weighted by molar-refractivity contribution is 7.18. The number of nitro groups is 1. The average Bonchev–Trinajstić information content (AvgIpc) is 3.03. The second-order valence-electron chi connectivity index (χ2n) is 5.09. The topological polar surface area (TPSA) is 85.1 Å². The lowest BCUT2D eigenvalue weighted by atomic mass is 9.93. The molecule has 110 valence electrons. The molecule has 0 saturated heterocycles. The molecule has 1 N–H and O–H groups in total. The van der Waals surface area contributed by atoms with E-state index in [1.165, 1.54) is 28.3 Å². The van der Waals surface area contributed by atoms with Crippen LogP contribution in [0.4, 0.5) is 10.1 Å². The summed E-state index contributed by atoms with van der Waals surface area (Å²) in [6, 6.07) is 2.81. The molecule has 2 aromatic heterocycles. The van der Waals surface area contributed by atoms with Crippen molar-refractivity contribution in [2.45, 2.75) is 26.2 Å². The van der Waals surface area contributed by atoms with Crippen LogP contribution in [0, 0.1) is 16.0 Å². The monoisotopic (exact) mass is 323 g/mol. The molecule has 2 aromatic rings. The SMILES string of the molecule is C[C@H]1CCc2nc(NC(=O)c3ccc([N+](=O)[O-])s3)sc2C1. The van der Waals surface area contributed by atoms with Gasteiger partial charge in [-0.3, -0.25) is 20.2 Å². The van der Waals surface area contributed by atoms with E-state index in [2.05, 4.69) is 17.2 Å². The minimum absolute atomic E-state index is 0.0348. The molecular weight excluding hydrogens is 310 g/mol. The number of rotatable bonds is 3. The lowest BCUT2D eigenvalue weighted by Gasteiger charge is -2.15. The summed E-state index contributed by atoms with van der Waals surface area (Å²) in [5.41, 5.74) is 1.07. The number of aryl methyl sites for hydroxylation is 1. The van der Waals surface area contributed by atoms with E-state index in [0.717, 1.165) is 36.3 Å². The molecule has 0 bridgehead atoms. The maximum atomic E-state index is 12.1. The van der Waals surface area contributed by atoms with Crippen LogP contribution in [-0.2, 0) is 12.8 Å². The van der Waals surface area contributed by atoms with Crippen molar-refractivity contribution in [2.24, 2.45) is 5.92 Å². The number of anilines is 1. The van der Waals surface area contributed by atoms with Crippen molar-refractivity contribution >= 4 is 38.7 Å². The van der Waals surface area contributed by atoms with Crippen LogP contribution in [0.3, 0.4) is 0 Å². The molecule has 1 atom stereocenters. The molecule has 0 saturated carbocycles. The number of thiophene rings is 1. The molecule has 6 nitrogen and oxygen atoms in total. The van der Waals surface area contributed by atoms with Crippen molar-refractivity contribution in [1.82, 2.24) is 4.98 Å². The number of thiazole rings is 1. The van der Waals surface area contributed by atoms with Gasteiger partial charge < -0.3 is 0 Å². The van der Waals surface area contributed by atoms with Crippen LogP contribution in [0.15, 0.2) is 12.1 Å². The Labute approximate surface area is 129 Å². The predicted octanol–water partition coefficient (Wildman–Crippen LogP) is 3.49. The first-order valence-corrected chi connectivity index (χ1v) is 8.20. The van der Waals surface area contributed by atoms with E-state index in [-0.39, 0.29) is 10.9 Å². The zero-order chi connectivity index (χ0) is 15.0. The molecule has 0 aliphatic heterocycles. The molecule has 0 unspecified atom stereocenters. The summed E-state index contributed by atoms with van der Waals surface area (Å²) >= 11 is 2.37. The first kappa shape index (κ1) is 14.2. The smallest absolute Gasteiger partial charge is 0.297 e. The molecule has 21 heavy (non-hydrogen) atoms. The lowest BCUT2D eigenvalue weighted by molar-refractivity contribution is -0.380. The van der Waals surface area contributed by atoms with E-state index in [9.17, 15) is 14.9 Å². The number of hydrogen-bond acceptors (Lipinski definition) is 6. The number of carbonyl (C=O) groups excluding carboxylic acids is 1. The molecule has 1 amide bonds. The van der Waals surface area contributed by atoms with Gasteiger partial charge in [0, 0.05) is 10.9 Å². The third-order valence-corrected chi connectivity index (χ3v) is 5.47. The van der Waals surface area contributed by atoms with Crippen molar-refractivity contribution in [3.63, 3.8) is 0 Å². The number of amides is 1. The van der Waals surface area contributed by atoms with Crippen LogP contribution in [-0.4, -0.2) is 15.8 Å². The van der Waals surface area contributed by atoms with Crippen LogP contribution >= 0.6 is 22.7 Å². The first-order valence-electron chi connectivity index (χ1n) is 6.57. The standard InChI is InChI=1S/C13H13N3O3S2/c1-7-2-3-8-10(6-7)21-13(14-8)15-12(17)9-4-5-11(20-9)16(18)19/h4-5,7H,2-3,6H2,1H3,(H,14,15,17)/t7-/m0/s1. The normalized spacial score (nSPS) is 17.3. The Morgan fingerprint density at radius 3 is 3.00 bits per heavy atom. The molecule has 2 heterocycles. The molecule has 0 fully saturated rings. The molecular formula is C13H13N3O3S2. The van der Waals surface area contributed by atoms with E-state index < -0.39 is 4.92 Å². The molecule has 1 aliphatic carbocycles. The highest BCUT2D eigenvalue weighted by Crippen LogP contribution is 2.32. The predicted molar refractivity (Wildman–Crippen MR) is 82.2 cm³/mol. The van der Waals surface area contributed by atoms with Gasteiger partial charge in [-0.05, 0) is 31.2 Å². The Hall–Kier alpha value is -1.80. The first-order chi connectivity index (χ1) is 10.0. The largest absolute Gasteiger partial charge is 0.324 e. The number of aromatic nitrogens is 1. The Morgan fingerprint density at radius 2 is 2.29 bits per heavy atom. The highest BCUT2D eigenvalue weighted by atomic mass is 32.1. The van der Waals surface area contributed by atoms with Crippen LogP contribution in [0.2, 0.25) is 0 Å². The summed E-state index contributed by atoms with van der Waals surface area (Å²) in [4.78, 5) is 28.2. The van der Waals surface area contributed by atoms with Crippen LogP contribution in [0.25, 0.3) is 0 Å². The van der Waals surface area contributed by atoms with Crippen molar-refractivity contribution in [3.8, 4) is 0 Å². The van der Waals surface area contributed by atoms with Gasteiger partial charge in [0.2, 0.25) is 0 Å². The molecule has 8 heteroatoms. The van der Waals surface area contributed by atoms with Crippen molar-refractivity contribution in [3.05, 3.63) is 37.7 Å². The van der Waals surface area contributed by atoms with Gasteiger partial charge >= 0.3 is 5.00 Å². The van der Waals surface area contributed by atoms with Gasteiger partial charge in [-0.1, -0.05) is 18.3 Å². The average molecular weight is 323 g/mol. The Kier molecular flexibility index (Phi) is 3.73. The van der Waals surface area contributed by atoms with E-state index in [0.29, 0.717) is 15.9 Å². The summed E-state index contributed by atoms with van der Waals surface area (Å²) in [5, 5.41) is 13.9. The Morgan fingerprint density at radius 1 is 1.48 bits per heavy atom. The zero-order valence-electron chi connectivity index (χ0n) is 11.3. The maximum absolute atomic E-state index is 12.1. The van der Waals surface area contributed by atoms with Gasteiger partial charge in [-0.15, -0.1) is 11.3 Å². The quantitative estimate of drug-likeness (QED) is 0.692. The van der Waals surface area contributed by atoms with E-state index >= 15 is 0 Å². The maximum Gasteiger partial charge on any atom is 0.324 e. The molecule has 0 spiro atoms. The van der Waals surface area contributed by atoms with Gasteiger partial charge in [0.05, 0.1) is 15.5 Å². The van der Waals surface area contributed by atoms with Crippen LogP contribution in [0.5, 0.6) is 0 Å². The number of nitrogens with one attached hydrogen (secondary N) is 1. The summed E-state index contributed by atoms with van der Waals surface area (Å²) in [6.07, 6.45) is 3.09. The summed E-state index contributed by atoms with van der Waals surface area (Å²) in [6.45, 7) is 2.21. The minimum Gasteiger partial charge on any atom is -0.297 e. The number of fused-ring (bicyclic) bond motifs is 1. The molecule has 3 rings (SSSR count). The van der Waals surface area contributed by atoms with Crippen molar-refractivity contribution in [1.29, 1.82) is 0 Å². The van der Waals surface area contributed by atoms with Crippen molar-refractivity contribution < 1.29 is 9.72 Å². The van der Waals surface area contributed by atoms with Gasteiger partial charge in [0.1, 0.15) is 0 Å². The van der Waals surface area contributed by atoms with Gasteiger partial charge in [-0.25, -0.2) is 4.98 Å². The fourth-order valence-corrected chi connectivity index (χ4v) is 4.18. The third-order valence-electron chi connectivity index (χ3n) is 3.40. The fourth-order valence-electron chi connectivity index (χ4n) is 2.30. The third kappa shape index (κ3) is 2.96. The van der Waals surface area contributed by atoms with Gasteiger partial charge in [0.15, 0.2) is 5.13 Å². The number of hydrogen-bond donors (Lipinski definition) is 1. The van der Waals surface area contributed by atoms with Crippen molar-refractivity contribution in [2.75, 3.05) is 5.32 Å². The van der Waals surface area contributed by atoms with Gasteiger partial charge in [-0.2, -0.15) is 0 Å². The van der Waals surface area contributed by atoms with E-state index in [4.69, 9.17) is 0 Å². The zero-order valence-corrected chi connectivity index (χ0v) is 12.9. The second-order valence-corrected chi connectivity index (χ2v) is 7.23. The highest BCUT2D eigenvalue weighted by Gasteiger charge is 2.21. The molecule has 0 aromatic carbocycles. The number of carbonyl (C=O) groups is 1. The van der Waals surface area contributed by atoms with Crippen LogP contribution < -0.4 is 5.32 Å². The summed E-state index contributed by atoms with van der Waals surface area (Å²) in [7, 11) is 0. The molecule has 1 aliphatic rings. The Bertz CT molecular complexity index is 707. The summed E-state index contributed by atoms with van der Waals surface area (Å²) in [5.74, 6) is 0.314. The minimum atomic E-state index is -0.495. The van der Waals surface area contributed by atoms with E-state index in [1.54, 1.807) is 0 Å². The summed E-state index contributed by atoms with van der Waals surface area (Å²) < 4.78 is 0. The second kappa shape index (κ2) is 5.53. The van der Waals surface area contributed by atoms with Crippen LogP contribution in [0.1, 0.15) is 33.6 Å². The van der Waals surface area contributed by atoms with E-state index in [1.807, 2.05) is 0 Å². The Balaban J connectivity index is 1.74. The lowest BCUT2D eigenvalue weighted by Crippen LogP contribution is -2.10. The fraction of sp³-hybridized carbons (Fsp3) is 0.385. The van der Waals surface area contributed by atoms with Gasteiger partial charge in [0.25, 0.3) is 5.91 Å².